The van der Waals surface area contributed by atoms with Crippen LogP contribution in [0.25, 0.3) is 0 Å². The van der Waals surface area contributed by atoms with Crippen LogP contribution in [-0.2, 0) is 9.59 Å². The number of ether oxygens (including phenoxy) is 1. The van der Waals surface area contributed by atoms with E-state index in [-0.39, 0.29) is 29.8 Å². The first-order chi connectivity index (χ1) is 13.0. The van der Waals surface area contributed by atoms with E-state index in [0.717, 1.165) is 25.7 Å². The highest BCUT2D eigenvalue weighted by Gasteiger charge is 2.26. The Morgan fingerprint density at radius 1 is 1.19 bits per heavy atom. The third-order valence-electron chi connectivity index (χ3n) is 4.97. The topological polar surface area (TPSA) is 123 Å². The number of carbonyl (C=O) groups excluding carboxylic acids is 3. The predicted octanol–water partition coefficient (Wildman–Crippen LogP) is 0.912. The van der Waals surface area contributed by atoms with E-state index in [4.69, 9.17) is 10.5 Å². The minimum atomic E-state index is -0.544. The summed E-state index contributed by atoms with van der Waals surface area (Å²) in [5.74, 6) is 0.140. The van der Waals surface area contributed by atoms with E-state index in [2.05, 4.69) is 16.0 Å². The highest BCUT2D eigenvalue weighted by Crippen LogP contribution is 2.30. The van der Waals surface area contributed by atoms with E-state index >= 15 is 0 Å². The monoisotopic (exact) mass is 374 g/mol. The first-order valence-electron chi connectivity index (χ1n) is 9.38. The Morgan fingerprint density at radius 2 is 1.85 bits per heavy atom. The molecular formula is C19H26N4O4. The molecule has 0 bridgehead atoms. The Balaban J connectivity index is 1.52. The van der Waals surface area contributed by atoms with Gasteiger partial charge in [-0.3, -0.25) is 14.4 Å². The highest BCUT2D eigenvalue weighted by molar-refractivity contribution is 6.01. The van der Waals surface area contributed by atoms with E-state index in [1.165, 1.54) is 0 Å². The molecule has 5 N–H and O–H groups in total. The van der Waals surface area contributed by atoms with Gasteiger partial charge in [0.2, 0.25) is 5.91 Å². The summed E-state index contributed by atoms with van der Waals surface area (Å²) in [6.07, 6.45) is 3.07. The van der Waals surface area contributed by atoms with Gasteiger partial charge in [-0.05, 0) is 50.8 Å². The Labute approximate surface area is 158 Å². The molecule has 1 aromatic carbocycles. The van der Waals surface area contributed by atoms with E-state index in [0.29, 0.717) is 30.0 Å². The smallest absolute Gasteiger partial charge is 0.265 e. The summed E-state index contributed by atoms with van der Waals surface area (Å²) in [4.78, 5) is 35.9. The lowest BCUT2D eigenvalue weighted by Gasteiger charge is -2.30. The summed E-state index contributed by atoms with van der Waals surface area (Å²) in [6, 6.07) is 5.24. The van der Waals surface area contributed by atoms with Gasteiger partial charge in [-0.1, -0.05) is 0 Å². The van der Waals surface area contributed by atoms with Crippen LogP contribution < -0.4 is 26.4 Å². The lowest BCUT2D eigenvalue weighted by Crippen LogP contribution is -2.44. The lowest BCUT2D eigenvalue weighted by atomic mass is 9.91. The van der Waals surface area contributed by atoms with Crippen molar-refractivity contribution in [3.05, 3.63) is 23.8 Å². The molecule has 1 aliphatic heterocycles. The van der Waals surface area contributed by atoms with Crippen molar-refractivity contribution in [2.45, 2.75) is 57.2 Å². The maximum absolute atomic E-state index is 12.5. The number of fused-ring (bicyclic) bond motifs is 1. The minimum Gasteiger partial charge on any atom is -0.479 e. The second kappa shape index (κ2) is 8.39. The first-order valence-corrected chi connectivity index (χ1v) is 9.38. The molecule has 1 fully saturated rings. The fourth-order valence-electron chi connectivity index (χ4n) is 3.43. The van der Waals surface area contributed by atoms with Crippen molar-refractivity contribution in [1.82, 2.24) is 10.6 Å². The first kappa shape index (κ1) is 19.2. The molecule has 0 aromatic heterocycles. The average Bonchev–Trinajstić information content (AvgIpc) is 2.64. The maximum Gasteiger partial charge on any atom is 0.265 e. The zero-order valence-electron chi connectivity index (χ0n) is 15.4. The fraction of sp³-hybridized carbons (Fsp3) is 0.526. The van der Waals surface area contributed by atoms with E-state index < -0.39 is 6.10 Å². The number of benzene rings is 1. The van der Waals surface area contributed by atoms with Crippen LogP contribution >= 0.6 is 0 Å². The molecule has 8 nitrogen and oxygen atoms in total. The third kappa shape index (κ3) is 4.77. The number of nitrogens with two attached hydrogens (primary N) is 1. The van der Waals surface area contributed by atoms with Crippen LogP contribution in [0.4, 0.5) is 5.69 Å². The molecule has 0 radical (unpaired) electrons. The third-order valence-corrected chi connectivity index (χ3v) is 4.97. The van der Waals surface area contributed by atoms with Gasteiger partial charge in [-0.15, -0.1) is 0 Å². The van der Waals surface area contributed by atoms with Gasteiger partial charge in [-0.25, -0.2) is 0 Å². The Hall–Kier alpha value is -2.61. The number of rotatable bonds is 5. The Morgan fingerprint density at radius 3 is 2.52 bits per heavy atom. The number of anilines is 1. The molecule has 146 valence electrons. The number of amides is 3. The van der Waals surface area contributed by atoms with E-state index in [9.17, 15) is 14.4 Å². The minimum absolute atomic E-state index is 0.0161. The molecule has 8 heteroatoms. The molecule has 0 spiro atoms. The van der Waals surface area contributed by atoms with Gasteiger partial charge < -0.3 is 26.4 Å². The van der Waals surface area contributed by atoms with Crippen LogP contribution in [0.2, 0.25) is 0 Å². The molecule has 3 amide bonds. The predicted molar refractivity (Wildman–Crippen MR) is 100 cm³/mol. The van der Waals surface area contributed by atoms with Crippen molar-refractivity contribution in [1.29, 1.82) is 0 Å². The van der Waals surface area contributed by atoms with Crippen molar-refractivity contribution >= 4 is 23.4 Å². The van der Waals surface area contributed by atoms with Gasteiger partial charge in [0.05, 0.1) is 5.69 Å². The second-order valence-electron chi connectivity index (χ2n) is 7.09. The van der Waals surface area contributed by atoms with Gasteiger partial charge in [0.15, 0.2) is 6.10 Å². The normalized spacial score (nSPS) is 24.2. The molecule has 1 heterocycles. The Kier molecular flexibility index (Phi) is 5.95. The van der Waals surface area contributed by atoms with Crippen molar-refractivity contribution in [3.8, 4) is 5.75 Å². The molecule has 2 aliphatic rings. The fourth-order valence-corrected chi connectivity index (χ4v) is 3.43. The second-order valence-corrected chi connectivity index (χ2v) is 7.09. The summed E-state index contributed by atoms with van der Waals surface area (Å²) in [5.41, 5.74) is 6.37. The molecule has 1 saturated carbocycles. The van der Waals surface area contributed by atoms with Crippen molar-refractivity contribution in [2.75, 3.05) is 11.9 Å². The van der Waals surface area contributed by atoms with Gasteiger partial charge in [-0.2, -0.15) is 0 Å². The standard InChI is InChI=1S/C19H26N4O4/c1-11-18(25)23-15-10-12(2-7-16(15)27-11)19(26)22-14-5-3-13(4-6-14)21-17(24)8-9-20/h2,7,10-11,13-14H,3-6,8-9,20H2,1H3,(H,21,24)(H,22,26)(H,23,25). The molecule has 1 aliphatic carbocycles. The quantitative estimate of drug-likeness (QED) is 0.610. The maximum atomic E-state index is 12.5. The molecule has 1 unspecified atom stereocenters. The van der Waals surface area contributed by atoms with Gasteiger partial charge >= 0.3 is 0 Å². The van der Waals surface area contributed by atoms with E-state index in [1.54, 1.807) is 25.1 Å². The van der Waals surface area contributed by atoms with Crippen LogP contribution in [0, 0.1) is 0 Å². The number of hydrogen-bond donors (Lipinski definition) is 4. The highest BCUT2D eigenvalue weighted by atomic mass is 16.5. The summed E-state index contributed by atoms with van der Waals surface area (Å²) < 4.78 is 5.50. The molecule has 0 saturated heterocycles. The van der Waals surface area contributed by atoms with Crippen LogP contribution in [0.15, 0.2) is 18.2 Å². The van der Waals surface area contributed by atoms with Gasteiger partial charge in [0.1, 0.15) is 5.75 Å². The van der Waals surface area contributed by atoms with Crippen molar-refractivity contribution < 1.29 is 19.1 Å². The van der Waals surface area contributed by atoms with Crippen molar-refractivity contribution in [3.63, 3.8) is 0 Å². The number of hydrogen-bond acceptors (Lipinski definition) is 5. The SMILES string of the molecule is CC1Oc2ccc(C(=O)NC3CCC(NC(=O)CCN)CC3)cc2NC1=O. The Bertz CT molecular complexity index is 728. The van der Waals surface area contributed by atoms with Crippen LogP contribution in [0.5, 0.6) is 5.75 Å². The van der Waals surface area contributed by atoms with Crippen LogP contribution in [-0.4, -0.2) is 42.5 Å². The van der Waals surface area contributed by atoms with Gasteiger partial charge in [0, 0.05) is 30.6 Å². The summed E-state index contributed by atoms with van der Waals surface area (Å²) in [5, 5.41) is 8.77. The van der Waals surface area contributed by atoms with E-state index in [1.807, 2.05) is 0 Å². The average molecular weight is 374 g/mol. The molecule has 27 heavy (non-hydrogen) atoms. The van der Waals surface area contributed by atoms with Crippen molar-refractivity contribution in [2.24, 2.45) is 5.73 Å². The van der Waals surface area contributed by atoms with Gasteiger partial charge in [0.25, 0.3) is 11.8 Å². The zero-order valence-corrected chi connectivity index (χ0v) is 15.4. The molecular weight excluding hydrogens is 348 g/mol. The summed E-state index contributed by atoms with van der Waals surface area (Å²) in [7, 11) is 0. The van der Waals surface area contributed by atoms with Crippen LogP contribution in [0.3, 0.4) is 0 Å². The molecule has 3 rings (SSSR count). The largest absolute Gasteiger partial charge is 0.479 e. The number of carbonyl (C=O) groups is 3. The summed E-state index contributed by atoms with van der Waals surface area (Å²) in [6.45, 7) is 2.02. The van der Waals surface area contributed by atoms with Crippen LogP contribution in [0.1, 0.15) is 49.4 Å². The lowest BCUT2D eigenvalue weighted by molar-refractivity contribution is -0.123. The summed E-state index contributed by atoms with van der Waals surface area (Å²) >= 11 is 0. The number of nitrogens with one attached hydrogen (secondary N) is 3. The zero-order chi connectivity index (χ0) is 19.4. The molecule has 1 atom stereocenters. The molecule has 1 aromatic rings.